The average molecular weight is 323 g/mol. The topological polar surface area (TPSA) is 88.2 Å². The van der Waals surface area contributed by atoms with Crippen molar-refractivity contribution in [1.82, 2.24) is 4.98 Å². The van der Waals surface area contributed by atoms with Gasteiger partial charge in [0.15, 0.2) is 5.11 Å². The Hall–Kier alpha value is -2.99. The third-order valence-electron chi connectivity index (χ3n) is 3.37. The van der Waals surface area contributed by atoms with Gasteiger partial charge >= 0.3 is 5.97 Å². The van der Waals surface area contributed by atoms with Gasteiger partial charge in [0, 0.05) is 16.6 Å². The SMILES string of the molecule is NC(=S)Nc1cccc(-c2cc(C(=O)O)c3ccccc3n2)c1. The van der Waals surface area contributed by atoms with Gasteiger partial charge in [-0.3, -0.25) is 0 Å². The molecule has 0 bridgehead atoms. The van der Waals surface area contributed by atoms with Gasteiger partial charge in [-0.1, -0.05) is 30.3 Å². The molecule has 0 unspecified atom stereocenters. The molecule has 0 aliphatic rings. The van der Waals surface area contributed by atoms with E-state index in [1.54, 1.807) is 24.3 Å². The number of hydrogen-bond acceptors (Lipinski definition) is 3. The molecule has 5 nitrogen and oxygen atoms in total. The first-order valence-electron chi connectivity index (χ1n) is 6.84. The predicted octanol–water partition coefficient (Wildman–Crippen LogP) is 3.26. The Labute approximate surface area is 137 Å². The van der Waals surface area contributed by atoms with Crippen molar-refractivity contribution in [3.8, 4) is 11.3 Å². The Morgan fingerprint density at radius 3 is 2.65 bits per heavy atom. The van der Waals surface area contributed by atoms with E-state index < -0.39 is 5.97 Å². The van der Waals surface area contributed by atoms with Gasteiger partial charge in [-0.25, -0.2) is 9.78 Å². The van der Waals surface area contributed by atoms with Gasteiger partial charge in [-0.05, 0) is 36.5 Å². The number of nitrogens with two attached hydrogens (primary N) is 1. The van der Waals surface area contributed by atoms with Crippen molar-refractivity contribution < 1.29 is 9.90 Å². The molecule has 0 radical (unpaired) electrons. The van der Waals surface area contributed by atoms with E-state index in [2.05, 4.69) is 10.3 Å². The van der Waals surface area contributed by atoms with Crippen LogP contribution in [0, 0.1) is 0 Å². The van der Waals surface area contributed by atoms with Crippen LogP contribution in [0.3, 0.4) is 0 Å². The summed E-state index contributed by atoms with van der Waals surface area (Å²) in [6.45, 7) is 0. The Balaban J connectivity index is 2.17. The van der Waals surface area contributed by atoms with E-state index in [4.69, 9.17) is 18.0 Å². The van der Waals surface area contributed by atoms with Crippen LogP contribution in [0.5, 0.6) is 0 Å². The number of hydrogen-bond donors (Lipinski definition) is 3. The van der Waals surface area contributed by atoms with E-state index >= 15 is 0 Å². The van der Waals surface area contributed by atoms with Crippen LogP contribution in [0.4, 0.5) is 5.69 Å². The average Bonchev–Trinajstić information content (AvgIpc) is 2.53. The van der Waals surface area contributed by atoms with Gasteiger partial charge in [0.2, 0.25) is 0 Å². The molecule has 1 heterocycles. The number of para-hydroxylation sites is 1. The summed E-state index contributed by atoms with van der Waals surface area (Å²) in [6.07, 6.45) is 0. The fraction of sp³-hybridized carbons (Fsp3) is 0. The van der Waals surface area contributed by atoms with Crippen molar-refractivity contribution in [2.75, 3.05) is 5.32 Å². The van der Waals surface area contributed by atoms with Crippen LogP contribution in [-0.2, 0) is 0 Å². The quantitative estimate of drug-likeness (QED) is 0.641. The number of anilines is 1. The molecule has 6 heteroatoms. The van der Waals surface area contributed by atoms with E-state index in [9.17, 15) is 9.90 Å². The third-order valence-corrected chi connectivity index (χ3v) is 3.47. The highest BCUT2D eigenvalue weighted by Crippen LogP contribution is 2.26. The number of nitrogens with zero attached hydrogens (tertiary/aromatic N) is 1. The van der Waals surface area contributed by atoms with Gasteiger partial charge < -0.3 is 16.2 Å². The smallest absolute Gasteiger partial charge is 0.336 e. The van der Waals surface area contributed by atoms with Crippen LogP contribution in [0.1, 0.15) is 10.4 Å². The highest BCUT2D eigenvalue weighted by atomic mass is 32.1. The van der Waals surface area contributed by atoms with Gasteiger partial charge in [-0.15, -0.1) is 0 Å². The number of aromatic carboxylic acids is 1. The molecule has 23 heavy (non-hydrogen) atoms. The number of pyridine rings is 1. The minimum atomic E-state index is -0.984. The van der Waals surface area contributed by atoms with E-state index in [-0.39, 0.29) is 10.7 Å². The lowest BCUT2D eigenvalue weighted by Crippen LogP contribution is -2.18. The summed E-state index contributed by atoms with van der Waals surface area (Å²) in [5.41, 5.74) is 8.41. The van der Waals surface area contributed by atoms with Crippen LogP contribution in [0.15, 0.2) is 54.6 Å². The molecule has 114 valence electrons. The molecule has 2 aromatic carbocycles. The van der Waals surface area contributed by atoms with Crippen molar-refractivity contribution >= 4 is 39.9 Å². The first kappa shape index (κ1) is 14.9. The molecular weight excluding hydrogens is 310 g/mol. The number of thiocarbonyl (C=S) groups is 1. The van der Waals surface area contributed by atoms with Crippen molar-refractivity contribution in [2.24, 2.45) is 5.73 Å². The number of carboxylic acids is 1. The third kappa shape index (κ3) is 3.12. The molecule has 0 aliphatic heterocycles. The minimum Gasteiger partial charge on any atom is -0.478 e. The first-order valence-corrected chi connectivity index (χ1v) is 7.25. The normalized spacial score (nSPS) is 10.4. The van der Waals surface area contributed by atoms with E-state index in [1.807, 2.05) is 30.3 Å². The Kier molecular flexibility index (Phi) is 3.91. The molecular formula is C17H13N3O2S. The van der Waals surface area contributed by atoms with Crippen molar-refractivity contribution in [2.45, 2.75) is 0 Å². The van der Waals surface area contributed by atoms with Gasteiger partial charge in [-0.2, -0.15) is 0 Å². The summed E-state index contributed by atoms with van der Waals surface area (Å²) in [7, 11) is 0. The number of aromatic nitrogens is 1. The molecule has 0 atom stereocenters. The van der Waals surface area contributed by atoms with Crippen LogP contribution in [-0.4, -0.2) is 21.2 Å². The van der Waals surface area contributed by atoms with E-state index in [0.717, 1.165) is 11.3 Å². The summed E-state index contributed by atoms with van der Waals surface area (Å²) in [6, 6.07) is 16.1. The molecule has 3 rings (SSSR count). The predicted molar refractivity (Wildman–Crippen MR) is 94.5 cm³/mol. The second-order valence-electron chi connectivity index (χ2n) is 4.95. The maximum Gasteiger partial charge on any atom is 0.336 e. The zero-order valence-electron chi connectivity index (χ0n) is 12.0. The number of carboxylic acid groups (broad SMARTS) is 1. The number of rotatable bonds is 3. The summed E-state index contributed by atoms with van der Waals surface area (Å²) in [5, 5.41) is 13.1. The largest absolute Gasteiger partial charge is 0.478 e. The number of carbonyl (C=O) groups is 1. The molecule has 0 fully saturated rings. The van der Waals surface area contributed by atoms with E-state index in [0.29, 0.717) is 16.6 Å². The fourth-order valence-electron chi connectivity index (χ4n) is 2.40. The number of nitrogens with one attached hydrogen (secondary N) is 1. The van der Waals surface area contributed by atoms with Crippen molar-refractivity contribution in [3.05, 3.63) is 60.2 Å². The standard InChI is InChI=1S/C17H13N3O2S/c18-17(23)19-11-5-3-4-10(8-11)15-9-13(16(21)22)12-6-1-2-7-14(12)20-15/h1-9H,(H,21,22)(H3,18,19,23). The molecule has 0 spiro atoms. The summed E-state index contributed by atoms with van der Waals surface area (Å²) < 4.78 is 0. The fourth-order valence-corrected chi connectivity index (χ4v) is 2.52. The molecule has 0 saturated carbocycles. The maximum absolute atomic E-state index is 11.5. The van der Waals surface area contributed by atoms with Crippen molar-refractivity contribution in [3.63, 3.8) is 0 Å². The van der Waals surface area contributed by atoms with E-state index in [1.165, 1.54) is 0 Å². The van der Waals surface area contributed by atoms with Crippen molar-refractivity contribution in [1.29, 1.82) is 0 Å². The summed E-state index contributed by atoms with van der Waals surface area (Å²) in [5.74, 6) is -0.984. The van der Waals surface area contributed by atoms with Crippen LogP contribution >= 0.6 is 12.2 Å². The maximum atomic E-state index is 11.5. The molecule has 0 saturated heterocycles. The Bertz CT molecular complexity index is 925. The zero-order chi connectivity index (χ0) is 16.4. The monoisotopic (exact) mass is 323 g/mol. The minimum absolute atomic E-state index is 0.167. The van der Waals surface area contributed by atoms with Gasteiger partial charge in [0.25, 0.3) is 0 Å². The number of fused-ring (bicyclic) bond motifs is 1. The summed E-state index contributed by atoms with van der Waals surface area (Å²) in [4.78, 5) is 16.1. The molecule has 1 aromatic heterocycles. The van der Waals surface area contributed by atoms with Crippen LogP contribution in [0.2, 0.25) is 0 Å². The number of benzene rings is 2. The first-order chi connectivity index (χ1) is 11.0. The molecule has 0 amide bonds. The Morgan fingerprint density at radius 2 is 1.91 bits per heavy atom. The highest BCUT2D eigenvalue weighted by Gasteiger charge is 2.12. The Morgan fingerprint density at radius 1 is 1.13 bits per heavy atom. The molecule has 0 aliphatic carbocycles. The van der Waals surface area contributed by atoms with Gasteiger partial charge in [0.05, 0.1) is 16.8 Å². The zero-order valence-corrected chi connectivity index (χ0v) is 12.8. The second kappa shape index (κ2) is 6.02. The summed E-state index contributed by atoms with van der Waals surface area (Å²) >= 11 is 4.83. The lowest BCUT2D eigenvalue weighted by Gasteiger charge is -2.09. The highest BCUT2D eigenvalue weighted by molar-refractivity contribution is 7.80. The lowest BCUT2D eigenvalue weighted by atomic mass is 10.0. The van der Waals surface area contributed by atoms with Crippen LogP contribution in [0.25, 0.3) is 22.2 Å². The lowest BCUT2D eigenvalue weighted by molar-refractivity contribution is 0.0699. The van der Waals surface area contributed by atoms with Gasteiger partial charge in [0.1, 0.15) is 0 Å². The second-order valence-corrected chi connectivity index (χ2v) is 5.39. The molecule has 4 N–H and O–H groups in total. The molecule has 3 aromatic rings. The van der Waals surface area contributed by atoms with Crippen LogP contribution < -0.4 is 11.1 Å².